The number of allylic oxidation sites excluding steroid dienone is 2. The fraction of sp³-hybridized carbons (Fsp3) is 0.368. The molecule has 10 heteroatoms. The minimum Gasteiger partial charge on any atom is -0.294 e. The summed E-state index contributed by atoms with van der Waals surface area (Å²) in [5.74, 6) is -17.1. The van der Waals surface area contributed by atoms with Crippen LogP contribution in [-0.4, -0.2) is 29.3 Å². The summed E-state index contributed by atoms with van der Waals surface area (Å²) >= 11 is 1.53. The molecule has 0 aromatic carbocycles. The van der Waals surface area contributed by atoms with Crippen molar-refractivity contribution in [1.29, 1.82) is 0 Å². The summed E-state index contributed by atoms with van der Waals surface area (Å²) < 4.78 is 87.6. The second-order valence-corrected chi connectivity index (χ2v) is 9.26. The van der Waals surface area contributed by atoms with Gasteiger partial charge >= 0.3 is 17.8 Å². The summed E-state index contributed by atoms with van der Waals surface area (Å²) in [6.45, 7) is 4.90. The summed E-state index contributed by atoms with van der Waals surface area (Å²) in [5.41, 5.74) is -4.06. The fourth-order valence-corrected chi connectivity index (χ4v) is 5.08. The zero-order valence-electron chi connectivity index (χ0n) is 15.6. The zero-order chi connectivity index (χ0) is 22.1. The number of rotatable bonds is 4. The fourth-order valence-electron chi connectivity index (χ4n) is 3.24. The highest BCUT2D eigenvalue weighted by Gasteiger charge is 2.80. The lowest BCUT2D eigenvalue weighted by atomic mass is 9.95. The first-order chi connectivity index (χ1) is 13.1. The first-order valence-corrected chi connectivity index (χ1v) is 9.90. The van der Waals surface area contributed by atoms with Crippen molar-refractivity contribution >= 4 is 45.4 Å². The second kappa shape index (κ2) is 6.53. The number of ketones is 2. The molecule has 1 aliphatic carbocycles. The third kappa shape index (κ3) is 2.91. The Balaban J connectivity index is 2.45. The number of carbonyl (C=O) groups excluding carboxylic acids is 2. The predicted octanol–water partition coefficient (Wildman–Crippen LogP) is 6.66. The van der Waals surface area contributed by atoms with Crippen LogP contribution >= 0.6 is 22.7 Å². The second-order valence-electron chi connectivity index (χ2n) is 6.75. The standard InChI is InChI=1S/C19H14F6O2S2/c1-7(26)13-5-11(9(3)28-13)15-16(12-6-14(8(2)27)29-10(12)4)18(22,23)19(24,25)17(15,20)21/h5-6H,1-4H3. The van der Waals surface area contributed by atoms with Crippen LogP contribution in [0.3, 0.4) is 0 Å². The summed E-state index contributed by atoms with van der Waals surface area (Å²) in [6.07, 6.45) is 0. The van der Waals surface area contributed by atoms with E-state index in [1.807, 2.05) is 0 Å². The molecule has 0 unspecified atom stereocenters. The van der Waals surface area contributed by atoms with Crippen LogP contribution in [0.15, 0.2) is 12.1 Å². The van der Waals surface area contributed by atoms with Crippen molar-refractivity contribution in [3.63, 3.8) is 0 Å². The normalized spacial score (nSPS) is 19.7. The summed E-state index contributed by atoms with van der Waals surface area (Å²) in [4.78, 5) is 23.3. The molecule has 2 nitrogen and oxygen atoms in total. The number of hydrogen-bond donors (Lipinski definition) is 0. The maximum absolute atomic E-state index is 14.8. The van der Waals surface area contributed by atoms with Gasteiger partial charge in [0, 0.05) is 20.9 Å². The number of halogens is 6. The molecule has 1 aliphatic rings. The Morgan fingerprint density at radius 1 is 0.724 bits per heavy atom. The molecular formula is C19H14F6O2S2. The molecule has 3 rings (SSSR count). The Morgan fingerprint density at radius 3 is 1.28 bits per heavy atom. The van der Waals surface area contributed by atoms with E-state index >= 15 is 0 Å². The Bertz CT molecular complexity index is 992. The van der Waals surface area contributed by atoms with Crippen LogP contribution in [0.2, 0.25) is 0 Å². The van der Waals surface area contributed by atoms with Gasteiger partial charge in [0.2, 0.25) is 0 Å². The SMILES string of the molecule is CC(=O)c1cc(C2=C(c3cc(C(C)=O)sc3C)C(F)(F)C(F)(F)C2(F)F)c(C)s1. The number of alkyl halides is 6. The van der Waals surface area contributed by atoms with Crippen LogP contribution in [0.5, 0.6) is 0 Å². The molecule has 0 radical (unpaired) electrons. The molecule has 0 aliphatic heterocycles. The molecule has 0 bridgehead atoms. The van der Waals surface area contributed by atoms with E-state index in [2.05, 4.69) is 0 Å². The van der Waals surface area contributed by atoms with E-state index in [1.165, 1.54) is 13.8 Å². The number of thiophene rings is 2. The molecule has 0 atom stereocenters. The average molecular weight is 452 g/mol. The molecule has 0 N–H and O–H groups in total. The van der Waals surface area contributed by atoms with Gasteiger partial charge in [-0.05, 0) is 51.0 Å². The monoisotopic (exact) mass is 452 g/mol. The van der Waals surface area contributed by atoms with Gasteiger partial charge in [-0.1, -0.05) is 0 Å². The van der Waals surface area contributed by atoms with Gasteiger partial charge in [-0.3, -0.25) is 9.59 Å². The smallest absolute Gasteiger partial charge is 0.294 e. The van der Waals surface area contributed by atoms with E-state index in [-0.39, 0.29) is 19.5 Å². The van der Waals surface area contributed by atoms with Crippen molar-refractivity contribution in [3.05, 3.63) is 42.8 Å². The van der Waals surface area contributed by atoms with Gasteiger partial charge in [-0.25, -0.2) is 0 Å². The van der Waals surface area contributed by atoms with Crippen LogP contribution in [-0.2, 0) is 0 Å². The third-order valence-electron chi connectivity index (χ3n) is 4.73. The average Bonchev–Trinajstić information content (AvgIpc) is 3.17. The van der Waals surface area contributed by atoms with E-state index < -0.39 is 51.6 Å². The summed E-state index contributed by atoms with van der Waals surface area (Å²) in [6, 6.07) is 1.88. The van der Waals surface area contributed by atoms with Crippen molar-refractivity contribution < 1.29 is 35.9 Å². The highest BCUT2D eigenvalue weighted by atomic mass is 32.1. The predicted molar refractivity (Wildman–Crippen MR) is 99.8 cm³/mol. The van der Waals surface area contributed by atoms with Crippen LogP contribution in [0.1, 0.15) is 54.1 Å². The minimum atomic E-state index is -5.68. The van der Waals surface area contributed by atoms with E-state index in [9.17, 15) is 35.9 Å². The molecule has 0 saturated heterocycles. The highest BCUT2D eigenvalue weighted by Crippen LogP contribution is 2.65. The highest BCUT2D eigenvalue weighted by molar-refractivity contribution is 7.14. The molecule has 0 spiro atoms. The van der Waals surface area contributed by atoms with E-state index in [1.54, 1.807) is 0 Å². The molecule has 2 heterocycles. The van der Waals surface area contributed by atoms with Crippen LogP contribution < -0.4 is 0 Å². The van der Waals surface area contributed by atoms with Crippen molar-refractivity contribution in [2.45, 2.75) is 45.5 Å². The van der Waals surface area contributed by atoms with E-state index in [0.29, 0.717) is 0 Å². The maximum Gasteiger partial charge on any atom is 0.380 e. The largest absolute Gasteiger partial charge is 0.380 e. The van der Waals surface area contributed by atoms with Gasteiger partial charge in [0.15, 0.2) is 11.6 Å². The molecular weight excluding hydrogens is 438 g/mol. The van der Waals surface area contributed by atoms with E-state index in [4.69, 9.17) is 0 Å². The van der Waals surface area contributed by atoms with Gasteiger partial charge in [-0.15, -0.1) is 22.7 Å². The molecule has 0 fully saturated rings. The molecule has 0 amide bonds. The maximum atomic E-state index is 14.8. The summed E-state index contributed by atoms with van der Waals surface area (Å²) in [5, 5.41) is 0. The van der Waals surface area contributed by atoms with Crippen molar-refractivity contribution in [2.75, 3.05) is 0 Å². The van der Waals surface area contributed by atoms with Gasteiger partial charge in [-0.2, -0.15) is 26.3 Å². The minimum absolute atomic E-state index is 0.00912. The third-order valence-corrected chi connectivity index (χ3v) is 7.04. The first-order valence-electron chi connectivity index (χ1n) is 8.26. The van der Waals surface area contributed by atoms with Crippen LogP contribution in [0.25, 0.3) is 11.1 Å². The lowest BCUT2D eigenvalue weighted by Crippen LogP contribution is -2.48. The Labute approximate surface area is 169 Å². The zero-order valence-corrected chi connectivity index (χ0v) is 17.2. The topological polar surface area (TPSA) is 34.1 Å². The van der Waals surface area contributed by atoms with Gasteiger partial charge in [0.25, 0.3) is 0 Å². The lowest BCUT2D eigenvalue weighted by Gasteiger charge is -2.25. The molecule has 2 aromatic heterocycles. The quantitative estimate of drug-likeness (QED) is 0.384. The molecule has 29 heavy (non-hydrogen) atoms. The van der Waals surface area contributed by atoms with Gasteiger partial charge in [0.05, 0.1) is 9.75 Å². The number of carbonyl (C=O) groups is 2. The van der Waals surface area contributed by atoms with Crippen molar-refractivity contribution in [3.8, 4) is 0 Å². The number of aryl methyl sites for hydroxylation is 2. The van der Waals surface area contributed by atoms with Crippen LogP contribution in [0.4, 0.5) is 26.3 Å². The van der Waals surface area contributed by atoms with Gasteiger partial charge < -0.3 is 0 Å². The summed E-state index contributed by atoms with van der Waals surface area (Å²) in [7, 11) is 0. The Hall–Kier alpha value is -1.94. The number of Topliss-reactive ketones (excluding diaryl/α,β-unsaturated/α-hetero) is 2. The molecule has 156 valence electrons. The van der Waals surface area contributed by atoms with Crippen molar-refractivity contribution in [1.82, 2.24) is 0 Å². The van der Waals surface area contributed by atoms with Gasteiger partial charge in [0.1, 0.15) is 0 Å². The Kier molecular flexibility index (Phi) is 4.90. The van der Waals surface area contributed by atoms with Crippen molar-refractivity contribution in [2.24, 2.45) is 0 Å². The first kappa shape index (κ1) is 21.8. The molecule has 0 saturated carbocycles. The van der Waals surface area contributed by atoms with E-state index in [0.717, 1.165) is 48.7 Å². The molecule has 2 aromatic rings. The number of hydrogen-bond acceptors (Lipinski definition) is 4. The lowest BCUT2D eigenvalue weighted by molar-refractivity contribution is -0.254. The Morgan fingerprint density at radius 2 is 1.03 bits per heavy atom. The van der Waals surface area contributed by atoms with Crippen LogP contribution in [0, 0.1) is 13.8 Å².